The van der Waals surface area contributed by atoms with E-state index in [1.807, 2.05) is 109 Å². The molecule has 0 spiro atoms. The van der Waals surface area contributed by atoms with Crippen molar-refractivity contribution in [3.63, 3.8) is 0 Å². The quantitative estimate of drug-likeness (QED) is 0.141. The Balaban J connectivity index is 1.30. The Morgan fingerprint density at radius 2 is 0.861 bits per heavy atom. The van der Waals surface area contributed by atoms with E-state index in [9.17, 15) is 5.48 Å². The Hall–Kier alpha value is -8.34. The lowest BCUT2D eigenvalue weighted by atomic mass is 9.33. The maximum absolute atomic E-state index is 9.57. The van der Waals surface area contributed by atoms with Crippen molar-refractivity contribution in [2.24, 2.45) is 0 Å². The van der Waals surface area contributed by atoms with E-state index in [0.29, 0.717) is 22.5 Å². The SMILES string of the molecule is [2H]c1c([2H])c([2H])c(-c2cc(C(C)(C)C)ccc2N2c3ccc(C(C)(C)C)cc3B3c4ccccc4N(c4c(-c5ccccc5)cccc4-c4c([2H])c([2H])c([2H])c([2H])c4[2H])c4cc(N(c5ccccc5)c5ccccc5)cc2c43)c([2H])c1[2H]. The molecule has 10 aromatic rings. The predicted octanol–water partition coefficient (Wildman–Crippen LogP) is 16.8. The lowest BCUT2D eigenvalue weighted by Crippen LogP contribution is -2.61. The van der Waals surface area contributed by atoms with Crippen molar-refractivity contribution in [3.05, 3.63) is 254 Å². The van der Waals surface area contributed by atoms with E-state index in [1.54, 1.807) is 0 Å². The highest BCUT2D eigenvalue weighted by Gasteiger charge is 2.45. The maximum atomic E-state index is 9.57. The van der Waals surface area contributed by atoms with Crippen LogP contribution in [-0.4, -0.2) is 6.71 Å². The summed E-state index contributed by atoms with van der Waals surface area (Å²) in [6, 6.07) is 57.4. The minimum Gasteiger partial charge on any atom is -0.311 e. The van der Waals surface area contributed by atoms with Crippen LogP contribution in [0.1, 0.15) is 66.4 Å². The van der Waals surface area contributed by atoms with Gasteiger partial charge in [-0.2, -0.15) is 0 Å². The first-order valence-corrected chi connectivity index (χ1v) is 24.6. The number of rotatable bonds is 8. The monoisotopic (exact) mass is 938 g/mol. The molecule has 0 saturated heterocycles. The molecule has 12 rings (SSSR count). The molecule has 0 unspecified atom stereocenters. The van der Waals surface area contributed by atoms with Crippen molar-refractivity contribution in [2.45, 2.75) is 52.4 Å². The van der Waals surface area contributed by atoms with E-state index in [2.05, 4.69) is 129 Å². The smallest absolute Gasteiger partial charge is 0.252 e. The van der Waals surface area contributed by atoms with Crippen molar-refractivity contribution in [1.29, 1.82) is 0 Å². The van der Waals surface area contributed by atoms with Crippen molar-refractivity contribution in [2.75, 3.05) is 14.7 Å². The third-order valence-corrected chi connectivity index (χ3v) is 14.1. The van der Waals surface area contributed by atoms with E-state index in [4.69, 9.17) is 8.22 Å². The molecule has 348 valence electrons. The first kappa shape index (κ1) is 34.9. The van der Waals surface area contributed by atoms with Crippen LogP contribution in [-0.2, 0) is 10.8 Å². The molecule has 0 bridgehead atoms. The van der Waals surface area contributed by atoms with Gasteiger partial charge in [-0.3, -0.25) is 0 Å². The second-order valence-corrected chi connectivity index (χ2v) is 20.6. The molecule has 2 heterocycles. The van der Waals surface area contributed by atoms with Crippen LogP contribution in [0, 0.1) is 0 Å². The third kappa shape index (κ3) is 7.79. The Morgan fingerprint density at radius 1 is 0.375 bits per heavy atom. The first-order chi connectivity index (χ1) is 39.2. The zero-order chi connectivity index (χ0) is 57.8. The van der Waals surface area contributed by atoms with Crippen LogP contribution < -0.4 is 31.1 Å². The molecule has 72 heavy (non-hydrogen) atoms. The maximum Gasteiger partial charge on any atom is 0.252 e. The molecule has 0 aliphatic carbocycles. The lowest BCUT2D eigenvalue weighted by molar-refractivity contribution is 0.590. The molecule has 3 nitrogen and oxygen atoms in total. The summed E-state index contributed by atoms with van der Waals surface area (Å²) < 4.78 is 91.7. The van der Waals surface area contributed by atoms with E-state index in [1.165, 1.54) is 0 Å². The van der Waals surface area contributed by atoms with Gasteiger partial charge in [0.2, 0.25) is 0 Å². The van der Waals surface area contributed by atoms with Gasteiger partial charge in [0.25, 0.3) is 6.71 Å². The van der Waals surface area contributed by atoms with Crippen molar-refractivity contribution < 1.29 is 13.7 Å². The van der Waals surface area contributed by atoms with Crippen molar-refractivity contribution >= 4 is 74.3 Å². The zero-order valence-electron chi connectivity index (χ0n) is 51.2. The predicted molar refractivity (Wildman–Crippen MR) is 309 cm³/mol. The average molecular weight is 938 g/mol. The number of nitrogens with zero attached hydrogens (tertiary/aromatic N) is 3. The van der Waals surface area contributed by atoms with Crippen LogP contribution >= 0.6 is 0 Å². The Bertz CT molecular complexity index is 4120. The molecule has 0 radical (unpaired) electrons. The van der Waals surface area contributed by atoms with Crippen molar-refractivity contribution in [3.8, 4) is 33.4 Å². The summed E-state index contributed by atoms with van der Waals surface area (Å²) in [7, 11) is 0. The minimum absolute atomic E-state index is 0.0580. The lowest BCUT2D eigenvalue weighted by Gasteiger charge is -2.46. The fourth-order valence-corrected chi connectivity index (χ4v) is 10.6. The normalized spacial score (nSPS) is 14.7. The zero-order valence-corrected chi connectivity index (χ0v) is 41.2. The largest absolute Gasteiger partial charge is 0.311 e. The van der Waals surface area contributed by atoms with E-state index >= 15 is 0 Å². The first-order valence-electron chi connectivity index (χ1n) is 29.6. The average Bonchev–Trinajstić information content (AvgIpc) is 1.02. The summed E-state index contributed by atoms with van der Waals surface area (Å²) in [5.74, 6) is 0. The fraction of sp³-hybridized carbons (Fsp3) is 0.118. The summed E-state index contributed by atoms with van der Waals surface area (Å²) in [6.07, 6.45) is 0. The molecular formula is C68H58BN3. The third-order valence-electron chi connectivity index (χ3n) is 14.1. The topological polar surface area (TPSA) is 9.72 Å². The molecule has 4 heteroatoms. The standard InChI is InChI=1S/C68H58BN3/c1-67(2,3)50-39-41-60(57(43-50)49-29-16-9-17-30-49)71-62-42-40-51(68(4,5)6)44-59(62)69-58-37-22-23-38-61(58)72(66-55(47-25-12-7-13-26-47)35-24-36-56(66)48-27-14-8-15-28-48)64-46-54(45-63(71)65(64)69)70(52-31-18-10-19-32-52)53-33-20-11-21-34-53/h7-46H,1-6H3/i7D,9D,12D,13D,16D,17D,25D,26D,29D,30D. The number of benzene rings is 10. The Kier molecular flexibility index (Phi) is 8.63. The molecule has 0 aromatic heterocycles. The summed E-state index contributed by atoms with van der Waals surface area (Å²) in [6.45, 7) is 12.5. The van der Waals surface area contributed by atoms with Gasteiger partial charge in [-0.15, -0.1) is 0 Å². The molecule has 10 aromatic carbocycles. The van der Waals surface area contributed by atoms with Gasteiger partial charge < -0.3 is 14.7 Å². The van der Waals surface area contributed by atoms with Gasteiger partial charge in [0.15, 0.2) is 0 Å². The second-order valence-electron chi connectivity index (χ2n) is 20.6. The highest BCUT2D eigenvalue weighted by Crippen LogP contribution is 2.53. The second kappa shape index (κ2) is 17.8. The van der Waals surface area contributed by atoms with Crippen molar-refractivity contribution in [1.82, 2.24) is 0 Å². The van der Waals surface area contributed by atoms with Crippen LogP contribution in [0.25, 0.3) is 33.4 Å². The Labute approximate surface area is 440 Å². The number of hydrogen-bond donors (Lipinski definition) is 0. The molecule has 0 N–H and O–H groups in total. The molecule has 0 fully saturated rings. The molecule has 0 amide bonds. The van der Waals surface area contributed by atoms with Gasteiger partial charge in [0, 0.05) is 50.8 Å². The van der Waals surface area contributed by atoms with E-state index in [0.717, 1.165) is 78.5 Å². The molecule has 2 aliphatic heterocycles. The number of anilines is 9. The number of para-hydroxylation sites is 4. The highest BCUT2D eigenvalue weighted by molar-refractivity contribution is 7.00. The van der Waals surface area contributed by atoms with Crippen LogP contribution in [0.5, 0.6) is 0 Å². The van der Waals surface area contributed by atoms with Gasteiger partial charge in [0.1, 0.15) is 0 Å². The number of hydrogen-bond acceptors (Lipinski definition) is 3. The van der Waals surface area contributed by atoms with Gasteiger partial charge in [-0.05, 0) is 116 Å². The van der Waals surface area contributed by atoms with Crippen LogP contribution in [0.4, 0.5) is 51.2 Å². The minimum atomic E-state index is -0.485. The van der Waals surface area contributed by atoms with Crippen LogP contribution in [0.2, 0.25) is 0 Å². The summed E-state index contributed by atoms with van der Waals surface area (Å²) in [4.78, 5) is 6.64. The van der Waals surface area contributed by atoms with Crippen LogP contribution in [0.15, 0.2) is 242 Å². The van der Waals surface area contributed by atoms with Gasteiger partial charge in [0.05, 0.1) is 30.8 Å². The van der Waals surface area contributed by atoms with Gasteiger partial charge in [-0.1, -0.05) is 223 Å². The van der Waals surface area contributed by atoms with E-state index in [-0.39, 0.29) is 40.7 Å². The molecule has 0 saturated carbocycles. The molecular weight excluding hydrogens is 870 g/mol. The summed E-state index contributed by atoms with van der Waals surface area (Å²) in [5.41, 5.74) is 13.6. The Morgan fingerprint density at radius 3 is 1.46 bits per heavy atom. The molecule has 2 aliphatic rings. The molecule has 0 atom stereocenters. The van der Waals surface area contributed by atoms with Gasteiger partial charge >= 0.3 is 0 Å². The summed E-state index contributed by atoms with van der Waals surface area (Å²) in [5, 5.41) is 0. The fourth-order valence-electron chi connectivity index (χ4n) is 10.6. The number of fused-ring (bicyclic) bond motifs is 4. The highest BCUT2D eigenvalue weighted by atomic mass is 15.2. The van der Waals surface area contributed by atoms with Crippen LogP contribution in [0.3, 0.4) is 0 Å². The summed E-state index contributed by atoms with van der Waals surface area (Å²) >= 11 is 0. The van der Waals surface area contributed by atoms with E-state index < -0.39 is 48.4 Å². The van der Waals surface area contributed by atoms with Gasteiger partial charge in [-0.25, -0.2) is 0 Å².